The van der Waals surface area contributed by atoms with Gasteiger partial charge in [0.25, 0.3) is 0 Å². The van der Waals surface area contributed by atoms with Crippen molar-refractivity contribution in [3.05, 3.63) is 11.1 Å². The van der Waals surface area contributed by atoms with E-state index in [0.29, 0.717) is 51.4 Å². The molecule has 7 saturated heterocycles. The highest BCUT2D eigenvalue weighted by atomic mass is 16.8. The van der Waals surface area contributed by atoms with Crippen LogP contribution in [0.15, 0.2) is 11.1 Å². The maximum atomic E-state index is 14.8. The lowest BCUT2D eigenvalue weighted by Gasteiger charge is -2.63. The summed E-state index contributed by atoms with van der Waals surface area (Å²) >= 11 is 0. The van der Waals surface area contributed by atoms with E-state index in [-0.39, 0.29) is 36.4 Å². The summed E-state index contributed by atoms with van der Waals surface area (Å²) in [6.45, 7) is 8.70. The minimum atomic E-state index is -2.17. The van der Waals surface area contributed by atoms with Crippen molar-refractivity contribution in [2.75, 3.05) is 39.6 Å². The maximum absolute atomic E-state index is 14.8. The van der Waals surface area contributed by atoms with Crippen molar-refractivity contribution in [2.24, 2.45) is 33.5 Å². The van der Waals surface area contributed by atoms with Crippen LogP contribution in [0.25, 0.3) is 0 Å². The van der Waals surface area contributed by atoms with Gasteiger partial charge in [-0.25, -0.2) is 0 Å². The third kappa shape index (κ3) is 12.7. The zero-order valence-electron chi connectivity index (χ0n) is 55.3. The lowest BCUT2D eigenvalue weighted by Crippen LogP contribution is -2.69. The van der Waals surface area contributed by atoms with Gasteiger partial charge in [0, 0.05) is 23.7 Å². The molecule has 38 atom stereocenters. The van der Waals surface area contributed by atoms with Crippen molar-refractivity contribution in [2.45, 2.75) is 302 Å². The Balaban J connectivity index is 0.827. The quantitative estimate of drug-likeness (QED) is 0.0535. The van der Waals surface area contributed by atoms with E-state index in [2.05, 4.69) is 27.7 Å². The Kier molecular flexibility index (Phi) is 22.8. The van der Waals surface area contributed by atoms with Crippen LogP contribution in [-0.2, 0) is 71.2 Å². The van der Waals surface area contributed by atoms with Gasteiger partial charge < -0.3 is 153 Å². The molecular weight excluding hydrogens is 1300 g/mol. The van der Waals surface area contributed by atoms with E-state index in [1.54, 1.807) is 0 Å². The first-order chi connectivity index (χ1) is 45.7. The van der Waals surface area contributed by atoms with Crippen molar-refractivity contribution in [1.29, 1.82) is 0 Å². The number of fused-ring (bicyclic) bond motifs is 5. The summed E-state index contributed by atoms with van der Waals surface area (Å²) in [5.74, 6) is -0.154. The molecule has 0 aromatic heterocycles. The number of aliphatic hydroxyl groups is 18. The minimum Gasteiger partial charge on any atom is -0.396 e. The molecule has 7 aliphatic heterocycles. The maximum Gasteiger partial charge on any atom is 0.187 e. The molecule has 0 aromatic rings. The summed E-state index contributed by atoms with van der Waals surface area (Å²) in [6, 6.07) is 0. The summed E-state index contributed by atoms with van der Waals surface area (Å²) in [5, 5.41) is 199. The smallest absolute Gasteiger partial charge is 0.187 e. The molecule has 7 heterocycles. The van der Waals surface area contributed by atoms with Gasteiger partial charge in [0.15, 0.2) is 43.5 Å². The van der Waals surface area contributed by atoms with Crippen LogP contribution in [-0.4, -0.2) is 339 Å². The van der Waals surface area contributed by atoms with Gasteiger partial charge in [0.1, 0.15) is 146 Å². The Hall–Kier alpha value is -2.16. The van der Waals surface area contributed by atoms with Crippen molar-refractivity contribution in [3.8, 4) is 0 Å². The third-order valence-corrected chi connectivity index (χ3v) is 24.5. The van der Waals surface area contributed by atoms with Gasteiger partial charge in [-0.3, -0.25) is 9.59 Å². The lowest BCUT2D eigenvalue weighted by atomic mass is 9.42. The lowest BCUT2D eigenvalue weighted by molar-refractivity contribution is -0.414. The van der Waals surface area contributed by atoms with Gasteiger partial charge in [-0.15, -0.1) is 0 Å². The number of hydrogen-bond acceptors (Lipinski definition) is 33. The molecule has 0 unspecified atom stereocenters. The number of carbonyl (C=O) groups excluding carboxylic acids is 2. The molecule has 0 aromatic carbocycles. The number of carbonyl (C=O) groups is 2. The highest BCUT2D eigenvalue weighted by Gasteiger charge is 2.76. The normalized spacial score (nSPS) is 54.2. The number of Topliss-reactive ketones (excluding diaryl/α,β-unsaturated/α-hetero) is 2. The van der Waals surface area contributed by atoms with Crippen LogP contribution in [0, 0.1) is 33.5 Å². The number of ether oxygens (including phenoxy) is 13. The van der Waals surface area contributed by atoms with Crippen molar-refractivity contribution < 1.29 is 163 Å². The van der Waals surface area contributed by atoms with Crippen LogP contribution in [0.5, 0.6) is 0 Å². The highest BCUT2D eigenvalue weighted by molar-refractivity contribution is 5.94. The molecule has 11 rings (SSSR count). The molecule has 18 N–H and O–H groups in total. The number of ketones is 2. The van der Waals surface area contributed by atoms with E-state index in [0.717, 1.165) is 5.57 Å². The largest absolute Gasteiger partial charge is 0.396 e. The Morgan fingerprint density at radius 2 is 1.04 bits per heavy atom. The fourth-order valence-electron chi connectivity index (χ4n) is 18.3. The van der Waals surface area contributed by atoms with Gasteiger partial charge in [0.2, 0.25) is 0 Å². The second-order valence-electron chi connectivity index (χ2n) is 29.6. The Morgan fingerprint density at radius 1 is 0.526 bits per heavy atom. The van der Waals surface area contributed by atoms with Crippen molar-refractivity contribution in [1.82, 2.24) is 0 Å². The predicted molar refractivity (Wildman–Crippen MR) is 318 cm³/mol. The molecule has 2 saturated carbocycles. The SMILES string of the molecule is CCC(=O)[C@@H]1C[C@@H](C)[C@]2(CC(=O)[C@@]3(C)C4=C(CC[C@@]32C)[C@@]2(C)CC[C@H](O[C@@H]3O[C@H](CO[C@@H]5OC[C@H](O)[C@H](O)[C@H]5O[C@@H]5O[C@H](CO)[C@@H](O)[C@H](O[C@@H]6O[C@H](CO)[C@@H](O)[C@H](O)[C@H]6O[C@@H]6O[C@H](CO)[C@@H](O)[C@H](O)[C@H]6O)[C@H]5O[C@@H]5O[C@@H](C)[C@H](O)[C@@H](O)[C@H]5O)[C@@H](O)[C@H](O)[C@H]3O)[C@](C)(CO)[C@@H]2CC4)O1. The van der Waals surface area contributed by atoms with Crippen LogP contribution in [0.1, 0.15) is 106 Å². The summed E-state index contributed by atoms with van der Waals surface area (Å²) in [7, 11) is 0. The fraction of sp³-hybridized carbons (Fsp3) is 0.938. The van der Waals surface area contributed by atoms with Crippen LogP contribution in [0.3, 0.4) is 0 Å². The summed E-state index contributed by atoms with van der Waals surface area (Å²) in [4.78, 5) is 27.9. The van der Waals surface area contributed by atoms with E-state index >= 15 is 0 Å². The second-order valence-corrected chi connectivity index (χ2v) is 29.6. The average Bonchev–Trinajstić information content (AvgIpc) is 1.54. The molecule has 9 fully saturated rings. The number of hydrogen-bond donors (Lipinski definition) is 18. The molecule has 33 heteroatoms. The first-order valence-corrected chi connectivity index (χ1v) is 34.0. The van der Waals surface area contributed by atoms with E-state index in [9.17, 15) is 102 Å². The van der Waals surface area contributed by atoms with Gasteiger partial charge >= 0.3 is 0 Å². The highest BCUT2D eigenvalue weighted by Crippen LogP contribution is 2.74. The van der Waals surface area contributed by atoms with Crippen molar-refractivity contribution in [3.63, 3.8) is 0 Å². The van der Waals surface area contributed by atoms with E-state index < -0.39 is 251 Å². The molecule has 97 heavy (non-hydrogen) atoms. The van der Waals surface area contributed by atoms with Crippen molar-refractivity contribution >= 4 is 11.6 Å². The Labute approximate surface area is 559 Å². The predicted octanol–water partition coefficient (Wildman–Crippen LogP) is -6.61. The molecular formula is C64H102O33. The van der Waals surface area contributed by atoms with Gasteiger partial charge in [-0.2, -0.15) is 0 Å². The first-order valence-electron chi connectivity index (χ1n) is 34.0. The van der Waals surface area contributed by atoms with Crippen LogP contribution >= 0.6 is 0 Å². The van der Waals surface area contributed by atoms with Gasteiger partial charge in [-0.05, 0) is 76.0 Å². The zero-order valence-corrected chi connectivity index (χ0v) is 55.3. The number of allylic oxidation sites excluding steroid dienone is 2. The topological polar surface area (TPSA) is 518 Å². The van der Waals surface area contributed by atoms with E-state index in [4.69, 9.17) is 61.6 Å². The Morgan fingerprint density at radius 3 is 1.66 bits per heavy atom. The standard InChI is InChI=1S/C64H102O33/c1-8-27(69)29-15-23(2)64(97-29)16-35(71)63(7)26-9-10-34-60(4,25(26)11-14-62(63,64)6)13-12-36(61(34,5)22-68)92-55-48(83)45(80)41(76)33(91-55)21-86-57-51(38(73)28(70)20-85-57)95-59-53(96-54-47(82)43(78)37(72)24(3)87-54)50(42(77)32(19-67)90-59)93-58-52(46(81)40(75)31(18-66)89-58)94-56-49(84)44(79)39(74)30(17-65)88-56/h23-24,28-34,36-59,65-68,70,72-84H,8-22H2,1-7H3/t23-,24+,28+,29+,30-,31-,32-,33-,34-,36+,37+,38+,39-,40-,41-,42-,43-,44+,45+,46+,47-,48-,49-,50+,51-,52-,53-,54+,55+,56+,57+,58+,59+,60-,61-,62+,63-,64+/m1/s1. The second kappa shape index (κ2) is 29.1. The van der Waals surface area contributed by atoms with Gasteiger partial charge in [-0.1, -0.05) is 45.8 Å². The number of rotatable bonds is 19. The Bertz CT molecular complexity index is 2770. The molecule has 33 nitrogen and oxygen atoms in total. The molecule has 11 aliphatic rings. The van der Waals surface area contributed by atoms with Crippen LogP contribution < -0.4 is 0 Å². The van der Waals surface area contributed by atoms with E-state index in [1.165, 1.54) is 12.5 Å². The van der Waals surface area contributed by atoms with Crippen LogP contribution in [0.4, 0.5) is 0 Å². The summed E-state index contributed by atoms with van der Waals surface area (Å²) < 4.78 is 79.5. The average molecular weight is 1400 g/mol. The molecule has 4 aliphatic carbocycles. The third-order valence-electron chi connectivity index (χ3n) is 24.5. The first kappa shape index (κ1) is 76.0. The summed E-state index contributed by atoms with van der Waals surface area (Å²) in [6.07, 6.45) is -52.7. The molecule has 0 bridgehead atoms. The monoisotopic (exact) mass is 1400 g/mol. The number of aliphatic hydroxyl groups excluding tert-OH is 18. The molecule has 0 radical (unpaired) electrons. The molecule has 0 amide bonds. The van der Waals surface area contributed by atoms with E-state index in [1.807, 2.05) is 13.8 Å². The van der Waals surface area contributed by atoms with Gasteiger partial charge in [0.05, 0.1) is 62.9 Å². The van der Waals surface area contributed by atoms with Crippen LogP contribution in [0.2, 0.25) is 0 Å². The molecule has 556 valence electrons. The fourth-order valence-corrected chi connectivity index (χ4v) is 18.3. The minimum absolute atomic E-state index is 0.0242. The molecule has 1 spiro atoms. The summed E-state index contributed by atoms with van der Waals surface area (Å²) in [5.41, 5.74) is -1.58. The zero-order chi connectivity index (χ0) is 70.7.